The zero-order valence-corrected chi connectivity index (χ0v) is 9.51. The van der Waals surface area contributed by atoms with Gasteiger partial charge in [-0.25, -0.2) is 0 Å². The summed E-state index contributed by atoms with van der Waals surface area (Å²) in [7, 11) is 0. The second-order valence-electron chi connectivity index (χ2n) is 7.08. The normalized spacial score (nSPS) is 66.0. The van der Waals surface area contributed by atoms with Crippen LogP contribution in [0, 0.1) is 16.2 Å². The highest BCUT2D eigenvalue weighted by atomic mass is 16.3. The van der Waals surface area contributed by atoms with Crippen LogP contribution in [0.1, 0.15) is 40.0 Å². The molecule has 2 heteroatoms. The minimum Gasteiger partial charge on any atom is -0.378 e. The summed E-state index contributed by atoms with van der Waals surface area (Å²) in [5.41, 5.74) is 1.11. The summed E-state index contributed by atoms with van der Waals surface area (Å²) in [6.45, 7) is 9.30. The van der Waals surface area contributed by atoms with Gasteiger partial charge in [0.1, 0.15) is 6.23 Å². The van der Waals surface area contributed by atoms with Crippen LogP contribution in [0.2, 0.25) is 0 Å². The van der Waals surface area contributed by atoms with Gasteiger partial charge in [0.05, 0.1) is 0 Å². The molecule has 3 saturated heterocycles. The highest BCUT2D eigenvalue weighted by molar-refractivity contribution is 5.11. The lowest BCUT2D eigenvalue weighted by Crippen LogP contribution is -2.69. The molecule has 4 bridgehead atoms. The maximum Gasteiger partial charge on any atom is 0.112 e. The quantitative estimate of drug-likeness (QED) is 0.637. The topological polar surface area (TPSA) is 23.5 Å². The molecule has 4 aliphatic rings. The number of hydrogen-bond donors (Lipinski definition) is 1. The summed E-state index contributed by atoms with van der Waals surface area (Å²) >= 11 is 0. The Morgan fingerprint density at radius 3 is 1.93 bits per heavy atom. The minimum absolute atomic E-state index is 0.165. The standard InChI is InChI=1S/C12H21NO/c1-10-4-11(2)6-12(3,5-10)9(14)13(7-10)8-11/h9,14H,4-8H2,1-3H3/t9-,10-,11+,12?/m0/s1. The molecule has 0 aromatic carbocycles. The lowest BCUT2D eigenvalue weighted by Gasteiger charge is -2.67. The van der Waals surface area contributed by atoms with E-state index in [4.69, 9.17) is 0 Å². The maximum atomic E-state index is 10.2. The summed E-state index contributed by atoms with van der Waals surface area (Å²) in [6, 6.07) is 0. The Balaban J connectivity index is 2.06. The van der Waals surface area contributed by atoms with Gasteiger partial charge in [-0.05, 0) is 30.1 Å². The zero-order chi connectivity index (χ0) is 10.2. The molecule has 0 amide bonds. The first-order valence-electron chi connectivity index (χ1n) is 5.77. The Morgan fingerprint density at radius 1 is 1.00 bits per heavy atom. The maximum absolute atomic E-state index is 10.2. The Morgan fingerprint density at radius 2 is 1.50 bits per heavy atom. The number of aliphatic hydroxyl groups excluding tert-OH is 1. The lowest BCUT2D eigenvalue weighted by molar-refractivity contribution is -0.251. The van der Waals surface area contributed by atoms with Crippen molar-refractivity contribution in [3.05, 3.63) is 0 Å². The first-order valence-corrected chi connectivity index (χ1v) is 5.77. The average molecular weight is 195 g/mol. The Labute approximate surface area is 86.3 Å². The monoisotopic (exact) mass is 195 g/mol. The largest absolute Gasteiger partial charge is 0.378 e. The van der Waals surface area contributed by atoms with Crippen molar-refractivity contribution < 1.29 is 5.11 Å². The van der Waals surface area contributed by atoms with Crippen molar-refractivity contribution in [3.63, 3.8) is 0 Å². The first kappa shape index (κ1) is 9.17. The fraction of sp³-hybridized carbons (Fsp3) is 1.00. The molecule has 4 fully saturated rings. The molecule has 14 heavy (non-hydrogen) atoms. The number of rotatable bonds is 0. The highest BCUT2D eigenvalue weighted by Gasteiger charge is 2.61. The third-order valence-corrected chi connectivity index (χ3v) is 4.65. The van der Waals surface area contributed by atoms with Gasteiger partial charge in [-0.1, -0.05) is 20.8 Å². The fourth-order valence-electron chi connectivity index (χ4n) is 5.22. The van der Waals surface area contributed by atoms with E-state index >= 15 is 0 Å². The van der Waals surface area contributed by atoms with E-state index in [9.17, 15) is 5.11 Å². The van der Waals surface area contributed by atoms with E-state index in [-0.39, 0.29) is 11.6 Å². The SMILES string of the molecule is CC12C[C@]3(C)CN(C[C@](C)(C1)C3)[C@H]2O. The smallest absolute Gasteiger partial charge is 0.112 e. The van der Waals surface area contributed by atoms with Gasteiger partial charge in [0.2, 0.25) is 0 Å². The molecular formula is C12H21NO. The van der Waals surface area contributed by atoms with Gasteiger partial charge in [-0.15, -0.1) is 0 Å². The van der Waals surface area contributed by atoms with Crippen molar-refractivity contribution in [1.29, 1.82) is 0 Å². The van der Waals surface area contributed by atoms with Crippen LogP contribution in [0.4, 0.5) is 0 Å². The molecule has 4 rings (SSSR count). The molecule has 3 aliphatic heterocycles. The summed E-state index contributed by atoms with van der Waals surface area (Å²) in [4.78, 5) is 2.32. The highest BCUT2D eigenvalue weighted by Crippen LogP contribution is 2.63. The number of aliphatic hydroxyl groups is 1. The van der Waals surface area contributed by atoms with E-state index in [1.165, 1.54) is 19.3 Å². The van der Waals surface area contributed by atoms with Crippen molar-refractivity contribution >= 4 is 0 Å². The van der Waals surface area contributed by atoms with Crippen LogP contribution in [0.5, 0.6) is 0 Å². The molecule has 80 valence electrons. The molecule has 5 atom stereocenters. The lowest BCUT2D eigenvalue weighted by atomic mass is 9.48. The van der Waals surface area contributed by atoms with Gasteiger partial charge in [0, 0.05) is 18.5 Å². The number of hydrogen-bond acceptors (Lipinski definition) is 2. The van der Waals surface area contributed by atoms with E-state index in [1.54, 1.807) is 0 Å². The van der Waals surface area contributed by atoms with Crippen LogP contribution in [0.15, 0.2) is 0 Å². The minimum atomic E-state index is -0.177. The van der Waals surface area contributed by atoms with Crippen LogP contribution in [-0.4, -0.2) is 29.3 Å². The second-order valence-corrected chi connectivity index (χ2v) is 7.08. The molecule has 0 radical (unpaired) electrons. The van der Waals surface area contributed by atoms with Crippen LogP contribution in [-0.2, 0) is 0 Å². The molecule has 0 spiro atoms. The van der Waals surface area contributed by atoms with Gasteiger partial charge in [0.15, 0.2) is 0 Å². The van der Waals surface area contributed by atoms with E-state index in [0.29, 0.717) is 10.8 Å². The molecule has 2 unspecified atom stereocenters. The Kier molecular flexibility index (Phi) is 1.44. The van der Waals surface area contributed by atoms with Gasteiger partial charge < -0.3 is 5.11 Å². The van der Waals surface area contributed by atoms with Gasteiger partial charge in [0.25, 0.3) is 0 Å². The van der Waals surface area contributed by atoms with Crippen molar-refractivity contribution in [2.45, 2.75) is 46.3 Å². The predicted molar refractivity (Wildman–Crippen MR) is 55.8 cm³/mol. The molecule has 1 aliphatic carbocycles. The number of nitrogens with zero attached hydrogens (tertiary/aromatic N) is 1. The first-order chi connectivity index (χ1) is 6.34. The molecule has 0 aromatic heterocycles. The summed E-state index contributed by atoms with van der Waals surface area (Å²) in [5, 5.41) is 10.2. The molecular weight excluding hydrogens is 174 g/mol. The third-order valence-electron chi connectivity index (χ3n) is 4.65. The second kappa shape index (κ2) is 2.19. The zero-order valence-electron chi connectivity index (χ0n) is 9.51. The van der Waals surface area contributed by atoms with E-state index in [1.807, 2.05) is 0 Å². The van der Waals surface area contributed by atoms with Gasteiger partial charge >= 0.3 is 0 Å². The average Bonchev–Trinajstić information content (AvgIpc) is 1.94. The van der Waals surface area contributed by atoms with E-state index in [2.05, 4.69) is 25.7 Å². The predicted octanol–water partition coefficient (Wildman–Crippen LogP) is 1.84. The van der Waals surface area contributed by atoms with Crippen molar-refractivity contribution in [2.75, 3.05) is 13.1 Å². The number of piperidine rings is 3. The van der Waals surface area contributed by atoms with E-state index in [0.717, 1.165) is 13.1 Å². The van der Waals surface area contributed by atoms with Crippen LogP contribution in [0.3, 0.4) is 0 Å². The van der Waals surface area contributed by atoms with Crippen LogP contribution >= 0.6 is 0 Å². The van der Waals surface area contributed by atoms with Crippen molar-refractivity contribution in [1.82, 2.24) is 4.90 Å². The van der Waals surface area contributed by atoms with Crippen LogP contribution < -0.4 is 0 Å². The fourth-order valence-corrected chi connectivity index (χ4v) is 5.22. The van der Waals surface area contributed by atoms with Gasteiger partial charge in [-0.2, -0.15) is 0 Å². The molecule has 3 heterocycles. The Bertz CT molecular complexity index is 270. The van der Waals surface area contributed by atoms with E-state index < -0.39 is 0 Å². The molecule has 1 saturated carbocycles. The molecule has 1 N–H and O–H groups in total. The molecule has 2 nitrogen and oxygen atoms in total. The third kappa shape index (κ3) is 0.989. The molecule has 0 aromatic rings. The van der Waals surface area contributed by atoms with Crippen LogP contribution in [0.25, 0.3) is 0 Å². The summed E-state index contributed by atoms with van der Waals surface area (Å²) < 4.78 is 0. The Hall–Kier alpha value is -0.0800. The van der Waals surface area contributed by atoms with Gasteiger partial charge in [-0.3, -0.25) is 4.90 Å². The van der Waals surface area contributed by atoms with Crippen molar-refractivity contribution in [2.24, 2.45) is 16.2 Å². The summed E-state index contributed by atoms with van der Waals surface area (Å²) in [5.74, 6) is 0. The van der Waals surface area contributed by atoms with Crippen molar-refractivity contribution in [3.8, 4) is 0 Å². The summed E-state index contributed by atoms with van der Waals surface area (Å²) in [6.07, 6.45) is 3.61.